The summed E-state index contributed by atoms with van der Waals surface area (Å²) in [6.45, 7) is 3.20. The van der Waals surface area contributed by atoms with Gasteiger partial charge in [0, 0.05) is 18.1 Å². The predicted molar refractivity (Wildman–Crippen MR) is 71.7 cm³/mol. The third-order valence-corrected chi connectivity index (χ3v) is 3.08. The van der Waals surface area contributed by atoms with Crippen LogP contribution >= 0.6 is 15.9 Å². The molecule has 1 aromatic rings. The van der Waals surface area contributed by atoms with Gasteiger partial charge in [0.05, 0.1) is 11.3 Å². The number of rotatable bonds is 5. The quantitative estimate of drug-likeness (QED) is 0.764. The van der Waals surface area contributed by atoms with Gasteiger partial charge in [-0.3, -0.25) is 0 Å². The second-order valence-electron chi connectivity index (χ2n) is 3.90. The molecule has 0 atom stereocenters. The van der Waals surface area contributed by atoms with Gasteiger partial charge in [-0.1, -0.05) is 35.7 Å². The molecule has 1 rings (SSSR count). The molecule has 0 heterocycles. The van der Waals surface area contributed by atoms with Crippen LogP contribution in [0.1, 0.15) is 31.7 Å². The van der Waals surface area contributed by atoms with Crippen LogP contribution < -0.4 is 4.90 Å². The highest BCUT2D eigenvalue weighted by Crippen LogP contribution is 2.23. The van der Waals surface area contributed by atoms with Crippen LogP contribution in [0.3, 0.4) is 0 Å². The molecule has 0 aliphatic heterocycles. The Labute approximate surface area is 106 Å². The fraction of sp³-hybridized carbons (Fsp3) is 0.462. The molecule has 0 aliphatic rings. The zero-order chi connectivity index (χ0) is 12.0. The highest BCUT2D eigenvalue weighted by atomic mass is 79.9. The van der Waals surface area contributed by atoms with Crippen LogP contribution in [0.15, 0.2) is 22.7 Å². The van der Waals surface area contributed by atoms with Crippen LogP contribution in [0.5, 0.6) is 0 Å². The van der Waals surface area contributed by atoms with Crippen LogP contribution in [0, 0.1) is 11.3 Å². The Morgan fingerprint density at radius 2 is 2.12 bits per heavy atom. The van der Waals surface area contributed by atoms with Crippen LogP contribution in [-0.2, 0) is 0 Å². The van der Waals surface area contributed by atoms with Crippen molar-refractivity contribution in [3.63, 3.8) is 0 Å². The number of nitriles is 1. The summed E-state index contributed by atoms with van der Waals surface area (Å²) in [5.41, 5.74) is 1.75. The number of halogens is 1. The molecule has 86 valence electrons. The number of benzene rings is 1. The Balaban J connectivity index is 2.75. The van der Waals surface area contributed by atoms with Gasteiger partial charge in [0.15, 0.2) is 0 Å². The lowest BCUT2D eigenvalue weighted by Gasteiger charge is -2.20. The zero-order valence-electron chi connectivity index (χ0n) is 9.83. The molecule has 3 heteroatoms. The van der Waals surface area contributed by atoms with Gasteiger partial charge >= 0.3 is 0 Å². The summed E-state index contributed by atoms with van der Waals surface area (Å²) < 4.78 is 0.953. The molecule has 1 aromatic carbocycles. The summed E-state index contributed by atoms with van der Waals surface area (Å²) in [5.74, 6) is 0. The molecule has 0 N–H and O–H groups in total. The molecule has 2 nitrogen and oxygen atoms in total. The van der Waals surface area contributed by atoms with E-state index in [1.165, 1.54) is 19.3 Å². The first-order chi connectivity index (χ1) is 7.69. The van der Waals surface area contributed by atoms with E-state index in [2.05, 4.69) is 33.8 Å². The standard InChI is InChI=1S/C13H17BrN2/c1-3-4-5-8-16(2)13-7-6-12(14)9-11(13)10-15/h6-7,9H,3-5,8H2,1-2H3. The maximum Gasteiger partial charge on any atom is 0.101 e. The Kier molecular flexibility index (Phi) is 5.34. The van der Waals surface area contributed by atoms with Crippen molar-refractivity contribution in [1.82, 2.24) is 0 Å². The largest absolute Gasteiger partial charge is 0.374 e. The first-order valence-electron chi connectivity index (χ1n) is 5.59. The Morgan fingerprint density at radius 1 is 1.38 bits per heavy atom. The Morgan fingerprint density at radius 3 is 2.75 bits per heavy atom. The maximum atomic E-state index is 9.07. The van der Waals surface area contributed by atoms with Gasteiger partial charge in [0.2, 0.25) is 0 Å². The van der Waals surface area contributed by atoms with Crippen molar-refractivity contribution in [1.29, 1.82) is 5.26 Å². The minimum atomic E-state index is 0.730. The van der Waals surface area contributed by atoms with Crippen LogP contribution in [-0.4, -0.2) is 13.6 Å². The van der Waals surface area contributed by atoms with E-state index in [-0.39, 0.29) is 0 Å². The Bertz CT molecular complexity index is 382. The third-order valence-electron chi connectivity index (χ3n) is 2.59. The van der Waals surface area contributed by atoms with Gasteiger partial charge in [-0.05, 0) is 24.6 Å². The van der Waals surface area contributed by atoms with Gasteiger partial charge in [0.25, 0.3) is 0 Å². The van der Waals surface area contributed by atoms with Crippen LogP contribution in [0.4, 0.5) is 5.69 Å². The molecule has 0 radical (unpaired) electrons. The van der Waals surface area contributed by atoms with E-state index in [0.717, 1.165) is 22.3 Å². The molecule has 16 heavy (non-hydrogen) atoms. The second-order valence-corrected chi connectivity index (χ2v) is 4.82. The molecule has 0 aromatic heterocycles. The minimum absolute atomic E-state index is 0.730. The number of nitrogens with zero attached hydrogens (tertiary/aromatic N) is 2. The molecule has 0 bridgehead atoms. The van der Waals surface area contributed by atoms with Gasteiger partial charge in [-0.2, -0.15) is 5.26 Å². The van der Waals surface area contributed by atoms with E-state index in [4.69, 9.17) is 5.26 Å². The molecule has 0 spiro atoms. The van der Waals surface area contributed by atoms with E-state index < -0.39 is 0 Å². The monoisotopic (exact) mass is 280 g/mol. The molecule has 0 unspecified atom stereocenters. The van der Waals surface area contributed by atoms with Crippen molar-refractivity contribution in [2.75, 3.05) is 18.5 Å². The van der Waals surface area contributed by atoms with E-state index in [9.17, 15) is 0 Å². The highest BCUT2D eigenvalue weighted by molar-refractivity contribution is 9.10. The fourth-order valence-electron chi connectivity index (χ4n) is 1.65. The van der Waals surface area contributed by atoms with Gasteiger partial charge in [-0.15, -0.1) is 0 Å². The van der Waals surface area contributed by atoms with Gasteiger partial charge < -0.3 is 4.90 Å². The smallest absolute Gasteiger partial charge is 0.101 e. The average molecular weight is 281 g/mol. The first kappa shape index (κ1) is 13.1. The number of hydrogen-bond donors (Lipinski definition) is 0. The maximum absolute atomic E-state index is 9.07. The van der Waals surface area contributed by atoms with E-state index in [1.807, 2.05) is 25.2 Å². The SMILES string of the molecule is CCCCCN(C)c1ccc(Br)cc1C#N. The van der Waals surface area contributed by atoms with Crippen molar-refractivity contribution < 1.29 is 0 Å². The molecule has 0 aliphatic carbocycles. The van der Waals surface area contributed by atoms with Gasteiger partial charge in [-0.25, -0.2) is 0 Å². The summed E-state index contributed by atoms with van der Waals surface area (Å²) in [5, 5.41) is 9.07. The number of anilines is 1. The lowest BCUT2D eigenvalue weighted by Crippen LogP contribution is -2.19. The molecular weight excluding hydrogens is 264 g/mol. The molecular formula is C13H17BrN2. The lowest BCUT2D eigenvalue weighted by atomic mass is 10.1. The minimum Gasteiger partial charge on any atom is -0.374 e. The second kappa shape index (κ2) is 6.55. The molecule has 0 fully saturated rings. The molecule has 0 saturated carbocycles. The predicted octanol–water partition coefficient (Wildman–Crippen LogP) is 3.95. The van der Waals surface area contributed by atoms with Gasteiger partial charge in [0.1, 0.15) is 6.07 Å². The normalized spacial score (nSPS) is 9.88. The average Bonchev–Trinajstić information content (AvgIpc) is 2.29. The van der Waals surface area contributed by atoms with E-state index >= 15 is 0 Å². The summed E-state index contributed by atoms with van der Waals surface area (Å²) in [6.07, 6.45) is 3.63. The molecule has 0 saturated heterocycles. The number of hydrogen-bond acceptors (Lipinski definition) is 2. The summed E-state index contributed by atoms with van der Waals surface area (Å²) >= 11 is 3.38. The topological polar surface area (TPSA) is 27.0 Å². The Hall–Kier alpha value is -1.01. The third kappa shape index (κ3) is 3.53. The number of unbranched alkanes of at least 4 members (excludes halogenated alkanes) is 2. The summed E-state index contributed by atoms with van der Waals surface area (Å²) in [6, 6.07) is 8.08. The van der Waals surface area contributed by atoms with Crippen molar-refractivity contribution in [3.8, 4) is 6.07 Å². The first-order valence-corrected chi connectivity index (χ1v) is 6.39. The van der Waals surface area contributed by atoms with Crippen molar-refractivity contribution >= 4 is 21.6 Å². The van der Waals surface area contributed by atoms with E-state index in [1.54, 1.807) is 0 Å². The zero-order valence-corrected chi connectivity index (χ0v) is 11.4. The summed E-state index contributed by atoms with van der Waals surface area (Å²) in [4.78, 5) is 2.15. The summed E-state index contributed by atoms with van der Waals surface area (Å²) in [7, 11) is 2.04. The fourth-order valence-corrected chi connectivity index (χ4v) is 2.01. The van der Waals surface area contributed by atoms with Crippen LogP contribution in [0.25, 0.3) is 0 Å². The van der Waals surface area contributed by atoms with E-state index in [0.29, 0.717) is 0 Å². The molecule has 0 amide bonds. The lowest BCUT2D eigenvalue weighted by molar-refractivity contribution is 0.705. The van der Waals surface area contributed by atoms with Crippen molar-refractivity contribution in [2.24, 2.45) is 0 Å². The highest BCUT2D eigenvalue weighted by Gasteiger charge is 2.07. The van der Waals surface area contributed by atoms with Crippen molar-refractivity contribution in [3.05, 3.63) is 28.2 Å². The van der Waals surface area contributed by atoms with Crippen LogP contribution in [0.2, 0.25) is 0 Å². The van der Waals surface area contributed by atoms with Crippen molar-refractivity contribution in [2.45, 2.75) is 26.2 Å².